The van der Waals surface area contributed by atoms with Crippen LogP contribution >= 0.6 is 11.3 Å². The summed E-state index contributed by atoms with van der Waals surface area (Å²) in [6.45, 7) is 6.93. The van der Waals surface area contributed by atoms with E-state index in [1.54, 1.807) is 11.3 Å². The Morgan fingerprint density at radius 1 is 1.03 bits per heavy atom. The van der Waals surface area contributed by atoms with E-state index in [9.17, 15) is 4.79 Å². The van der Waals surface area contributed by atoms with Crippen LogP contribution in [0.15, 0.2) is 83.1 Å². The fraction of sp³-hybridized carbons (Fsp3) is 0.129. The number of ketones is 1. The molecule has 1 radical (unpaired) electrons. The van der Waals surface area contributed by atoms with Gasteiger partial charge in [-0.05, 0) is 57.2 Å². The van der Waals surface area contributed by atoms with Crippen LogP contribution in [0.4, 0.5) is 0 Å². The Bertz CT molecular complexity index is 1800. The van der Waals surface area contributed by atoms with Crippen molar-refractivity contribution in [3.63, 3.8) is 0 Å². The number of rotatable bonds is 3. The van der Waals surface area contributed by atoms with E-state index in [-0.39, 0.29) is 31.6 Å². The summed E-state index contributed by atoms with van der Waals surface area (Å²) in [5, 5.41) is 11.6. The number of benzene rings is 2. The Morgan fingerprint density at radius 2 is 1.79 bits per heavy atom. The van der Waals surface area contributed by atoms with Crippen LogP contribution in [-0.4, -0.2) is 20.9 Å². The number of nitrogens with zero attached hydrogens (tertiary/aromatic N) is 2. The smallest absolute Gasteiger partial charge is 0.216 e. The molecule has 0 saturated carbocycles. The molecule has 4 aromatic heterocycles. The van der Waals surface area contributed by atoms with Crippen LogP contribution < -0.4 is 0 Å². The van der Waals surface area contributed by atoms with Crippen LogP contribution in [0.25, 0.3) is 53.9 Å². The monoisotopic (exact) mass is 698 g/mol. The normalized spacial score (nSPS) is 11.3. The van der Waals surface area contributed by atoms with Gasteiger partial charge in [-0.25, -0.2) is 4.98 Å². The van der Waals surface area contributed by atoms with E-state index < -0.39 is 0 Å². The number of hydrogen-bond acceptors (Lipinski definition) is 6. The van der Waals surface area contributed by atoms with Gasteiger partial charge in [0.2, 0.25) is 5.71 Å². The first-order valence-corrected chi connectivity index (χ1v) is 12.7. The minimum atomic E-state index is -0.125. The van der Waals surface area contributed by atoms with E-state index in [1.165, 1.54) is 40.6 Å². The van der Waals surface area contributed by atoms with Crippen molar-refractivity contribution in [1.82, 2.24) is 9.97 Å². The summed E-state index contributed by atoms with van der Waals surface area (Å²) in [5.41, 5.74) is 6.61. The number of aliphatic hydroxyl groups excluding tert-OH is 1. The molecule has 0 spiro atoms. The third-order valence-corrected chi connectivity index (χ3v) is 6.99. The quantitative estimate of drug-likeness (QED) is 0.114. The zero-order valence-corrected chi connectivity index (χ0v) is 24.5. The Balaban J connectivity index is 0.000000375. The zero-order chi connectivity index (χ0) is 26.1. The second-order valence-electron chi connectivity index (χ2n) is 8.98. The second-order valence-corrected chi connectivity index (χ2v) is 10.1. The minimum Gasteiger partial charge on any atom is -0.512 e. The Labute approximate surface area is 238 Å². The summed E-state index contributed by atoms with van der Waals surface area (Å²) in [6, 6.07) is 24.4. The number of furan rings is 1. The molecule has 0 amide bonds. The summed E-state index contributed by atoms with van der Waals surface area (Å²) in [6.07, 6.45) is 3.11. The molecule has 0 aliphatic heterocycles. The maximum absolute atomic E-state index is 10.0. The topological polar surface area (TPSA) is 76.2 Å². The van der Waals surface area contributed by atoms with Crippen molar-refractivity contribution in [1.29, 1.82) is 0 Å². The Kier molecular flexibility index (Phi) is 8.22. The van der Waals surface area contributed by atoms with Crippen molar-refractivity contribution in [2.75, 3.05) is 0 Å². The van der Waals surface area contributed by atoms with Crippen molar-refractivity contribution < 1.29 is 34.4 Å². The molecule has 5 nitrogen and oxygen atoms in total. The first kappa shape index (κ1) is 27.4. The van der Waals surface area contributed by atoms with Gasteiger partial charge < -0.3 is 14.5 Å². The summed E-state index contributed by atoms with van der Waals surface area (Å²) in [5.74, 6) is -0.0625. The van der Waals surface area contributed by atoms with Gasteiger partial charge in [-0.3, -0.25) is 4.79 Å². The third-order valence-electron chi connectivity index (χ3n) is 5.84. The number of carbonyl (C=O) groups is 1. The van der Waals surface area contributed by atoms with Crippen LogP contribution in [-0.2, 0) is 24.9 Å². The van der Waals surface area contributed by atoms with E-state index in [1.807, 2.05) is 31.3 Å². The number of aliphatic hydroxyl groups is 1. The molecule has 0 bridgehead atoms. The standard InChI is InChI=1S/C26H17N2OS.C5H8O2.Ir/c1-15-6-9-17(10-7-15)23-12-18-14-27-22(13-24(18)30-23)21-5-3-4-19-20-11-8-16(2)28-26(20)29-25(19)21;1-4(6)3-5(2)7;/h3-4,6-14H,1-2H3;3,6H,1-2H3;/q-1;;/b;4-3-;. The van der Waals surface area contributed by atoms with Gasteiger partial charge in [0.15, 0.2) is 5.78 Å². The second kappa shape index (κ2) is 11.4. The number of carbonyl (C=O) groups excluding carboxylic acids is 1. The first-order valence-electron chi connectivity index (χ1n) is 11.8. The van der Waals surface area contributed by atoms with Gasteiger partial charge in [-0.1, -0.05) is 46.8 Å². The van der Waals surface area contributed by atoms with Gasteiger partial charge in [0.05, 0.1) is 11.3 Å². The van der Waals surface area contributed by atoms with Gasteiger partial charge in [0.1, 0.15) is 0 Å². The Hall–Kier alpha value is -3.64. The van der Waals surface area contributed by atoms with Gasteiger partial charge >= 0.3 is 0 Å². The van der Waals surface area contributed by atoms with Gasteiger partial charge in [-0.15, -0.1) is 29.5 Å². The number of allylic oxidation sites excluding steroid dienone is 2. The molecule has 38 heavy (non-hydrogen) atoms. The van der Waals surface area contributed by atoms with Crippen molar-refractivity contribution in [3.8, 4) is 21.7 Å². The molecule has 1 N–H and O–H groups in total. The van der Waals surface area contributed by atoms with Crippen LogP contribution in [0, 0.1) is 19.9 Å². The van der Waals surface area contributed by atoms with Crippen molar-refractivity contribution >= 4 is 49.3 Å². The minimum absolute atomic E-state index is 0. The molecule has 0 aliphatic rings. The van der Waals surface area contributed by atoms with E-state index in [0.29, 0.717) is 5.71 Å². The molecule has 193 valence electrons. The summed E-state index contributed by atoms with van der Waals surface area (Å²) < 4.78 is 7.34. The number of aryl methyl sites for hydroxylation is 2. The summed E-state index contributed by atoms with van der Waals surface area (Å²) in [7, 11) is 0. The molecular weight excluding hydrogens is 673 g/mol. The van der Waals surface area contributed by atoms with Crippen LogP contribution in [0.2, 0.25) is 0 Å². The largest absolute Gasteiger partial charge is 0.512 e. The van der Waals surface area contributed by atoms with E-state index in [4.69, 9.17) is 14.5 Å². The van der Waals surface area contributed by atoms with Crippen molar-refractivity contribution in [3.05, 3.63) is 96.0 Å². The van der Waals surface area contributed by atoms with E-state index >= 15 is 0 Å². The molecular formula is C31H25IrN2O3S-. The van der Waals surface area contributed by atoms with E-state index in [2.05, 4.69) is 60.4 Å². The molecule has 0 saturated heterocycles. The van der Waals surface area contributed by atoms with Crippen molar-refractivity contribution in [2.45, 2.75) is 27.7 Å². The maximum Gasteiger partial charge on any atom is 0.216 e. The number of fused-ring (bicyclic) bond motifs is 4. The van der Waals surface area contributed by atoms with E-state index in [0.717, 1.165) is 38.7 Å². The number of pyridine rings is 2. The molecule has 2 aromatic carbocycles. The summed E-state index contributed by atoms with van der Waals surface area (Å²) >= 11 is 1.78. The van der Waals surface area contributed by atoms with Crippen LogP contribution in [0.1, 0.15) is 25.1 Å². The molecule has 0 fully saturated rings. The summed E-state index contributed by atoms with van der Waals surface area (Å²) in [4.78, 5) is 20.5. The first-order chi connectivity index (χ1) is 17.8. The molecule has 6 rings (SSSR count). The maximum atomic E-state index is 10.0. The molecule has 0 unspecified atom stereocenters. The molecule has 6 aromatic rings. The third kappa shape index (κ3) is 5.76. The predicted molar refractivity (Wildman–Crippen MR) is 151 cm³/mol. The number of aromatic nitrogens is 2. The van der Waals surface area contributed by atoms with Crippen LogP contribution in [0.5, 0.6) is 0 Å². The average molecular weight is 698 g/mol. The molecule has 4 heterocycles. The Morgan fingerprint density at radius 3 is 2.47 bits per heavy atom. The van der Waals surface area contributed by atoms with Crippen molar-refractivity contribution in [2.24, 2.45) is 0 Å². The number of thiophene rings is 1. The average Bonchev–Trinajstić information content (AvgIpc) is 3.44. The molecule has 7 heteroatoms. The van der Waals surface area contributed by atoms with Gasteiger partial charge in [0, 0.05) is 58.4 Å². The van der Waals surface area contributed by atoms with Gasteiger partial charge in [-0.2, -0.15) is 0 Å². The SMILES string of the molecule is CC(=O)/C=C(/C)O.Cc1ccc(-c2cc3cnc(-c4[c-]ccc5c4oc4nc(C)ccc45)cc3s2)cc1.[Ir]. The zero-order valence-electron chi connectivity index (χ0n) is 21.3. The number of hydrogen-bond donors (Lipinski definition) is 1. The molecule has 0 atom stereocenters. The van der Waals surface area contributed by atoms with Crippen LogP contribution in [0.3, 0.4) is 0 Å². The fourth-order valence-corrected chi connectivity index (χ4v) is 5.21. The molecule has 0 aliphatic carbocycles. The fourth-order valence-electron chi connectivity index (χ4n) is 4.13. The predicted octanol–water partition coefficient (Wildman–Crippen LogP) is 8.38. The van der Waals surface area contributed by atoms with Gasteiger partial charge in [0.25, 0.3) is 0 Å².